The maximum Gasteiger partial charge on any atom is 0.332 e. The molecule has 1 aromatic carbocycles. The van der Waals surface area contributed by atoms with Gasteiger partial charge in [0.1, 0.15) is 9.84 Å². The van der Waals surface area contributed by atoms with E-state index in [-0.39, 0.29) is 5.56 Å². The van der Waals surface area contributed by atoms with Crippen molar-refractivity contribution in [2.24, 2.45) is 5.73 Å². The summed E-state index contributed by atoms with van der Waals surface area (Å²) in [7, 11) is -3.71. The fourth-order valence-electron chi connectivity index (χ4n) is 1.49. The molecule has 6 nitrogen and oxygen atoms in total. The molecule has 0 amide bonds. The molecule has 0 saturated carbocycles. The van der Waals surface area contributed by atoms with Crippen molar-refractivity contribution in [1.82, 2.24) is 0 Å². The average Bonchev–Trinajstić information content (AvgIpc) is 2.26. The molecule has 0 aromatic heterocycles. The smallest absolute Gasteiger partial charge is 0.332 e. The van der Waals surface area contributed by atoms with E-state index in [0.717, 1.165) is 6.26 Å². The Morgan fingerprint density at radius 3 is 2.17 bits per heavy atom. The fraction of sp³-hybridized carbons (Fsp3) is 0.273. The fourth-order valence-corrected chi connectivity index (χ4v) is 2.57. The Bertz CT molecular complexity index is 566. The Kier molecular flexibility index (Phi) is 3.88. The maximum atomic E-state index is 12.0. The quantitative estimate of drug-likeness (QED) is 0.561. The van der Waals surface area contributed by atoms with Crippen LogP contribution >= 0.6 is 0 Å². The van der Waals surface area contributed by atoms with Crippen molar-refractivity contribution in [1.29, 1.82) is 0 Å². The molecule has 0 aliphatic heterocycles. The number of hydrogen-bond acceptors (Lipinski definition) is 5. The molecule has 0 aliphatic carbocycles. The lowest BCUT2D eigenvalue weighted by atomic mass is 9.92. The zero-order chi connectivity index (χ0) is 14.0. The Balaban J connectivity index is 3.22. The van der Waals surface area contributed by atoms with Gasteiger partial charge in [0.2, 0.25) is 0 Å². The molecule has 0 spiro atoms. The molecule has 1 atom stereocenters. The van der Waals surface area contributed by atoms with Crippen LogP contribution in [0.25, 0.3) is 0 Å². The number of carbonyl (C=O) groups is 2. The number of carbonyl (C=O) groups excluding carboxylic acids is 1. The van der Waals surface area contributed by atoms with Gasteiger partial charge >= 0.3 is 5.97 Å². The molecule has 0 bridgehead atoms. The van der Waals surface area contributed by atoms with E-state index >= 15 is 0 Å². The number of benzene rings is 1. The monoisotopic (exact) mass is 271 g/mol. The first-order valence-corrected chi connectivity index (χ1v) is 7.03. The Morgan fingerprint density at radius 1 is 1.28 bits per heavy atom. The lowest BCUT2D eigenvalue weighted by molar-refractivity contribution is -0.140. The van der Waals surface area contributed by atoms with Gasteiger partial charge in [0.25, 0.3) is 0 Å². The van der Waals surface area contributed by atoms with Crippen LogP contribution in [0.4, 0.5) is 0 Å². The van der Waals surface area contributed by atoms with E-state index < -0.39 is 32.9 Å². The van der Waals surface area contributed by atoms with Gasteiger partial charge in [0.15, 0.2) is 11.3 Å². The van der Waals surface area contributed by atoms with Crippen LogP contribution in [-0.2, 0) is 14.6 Å². The van der Waals surface area contributed by atoms with Crippen LogP contribution in [0, 0.1) is 0 Å². The van der Waals surface area contributed by atoms with Gasteiger partial charge in [-0.25, -0.2) is 13.2 Å². The second kappa shape index (κ2) is 4.87. The SMILES string of the molecule is CS(=O)(=O)CC(N)(C(=O)O)C(=O)c1ccccc1. The molecule has 0 radical (unpaired) electrons. The van der Waals surface area contributed by atoms with Crippen LogP contribution in [0.5, 0.6) is 0 Å². The third-order valence-corrected chi connectivity index (χ3v) is 3.29. The normalized spacial score (nSPS) is 14.8. The van der Waals surface area contributed by atoms with Crippen LogP contribution in [0.2, 0.25) is 0 Å². The van der Waals surface area contributed by atoms with Gasteiger partial charge in [0.05, 0.1) is 5.75 Å². The maximum absolute atomic E-state index is 12.0. The number of carboxylic acid groups (broad SMARTS) is 1. The third kappa shape index (κ3) is 3.14. The molecule has 18 heavy (non-hydrogen) atoms. The molecule has 98 valence electrons. The number of sulfone groups is 1. The standard InChI is InChI=1S/C11H13NO5S/c1-18(16,17)7-11(12,10(14)15)9(13)8-5-3-2-4-6-8/h2-6H,7,12H2,1H3,(H,14,15). The highest BCUT2D eigenvalue weighted by atomic mass is 32.2. The van der Waals surface area contributed by atoms with Gasteiger partial charge in [-0.05, 0) is 0 Å². The number of carboxylic acids is 1. The molecule has 1 rings (SSSR count). The molecule has 3 N–H and O–H groups in total. The van der Waals surface area contributed by atoms with Crippen LogP contribution < -0.4 is 5.73 Å². The van der Waals surface area contributed by atoms with Crippen molar-refractivity contribution >= 4 is 21.6 Å². The summed E-state index contributed by atoms with van der Waals surface area (Å²) in [6, 6.07) is 7.49. The average molecular weight is 271 g/mol. The highest BCUT2D eigenvalue weighted by Crippen LogP contribution is 2.14. The summed E-state index contributed by atoms with van der Waals surface area (Å²) in [6.45, 7) is 0. The first-order valence-electron chi connectivity index (χ1n) is 4.97. The number of ketones is 1. The predicted octanol–water partition coefficient (Wildman–Crippen LogP) is -0.304. The Labute approximate surface area is 104 Å². The van der Waals surface area contributed by atoms with Gasteiger partial charge in [-0.1, -0.05) is 30.3 Å². The summed E-state index contributed by atoms with van der Waals surface area (Å²) in [5, 5.41) is 9.02. The van der Waals surface area contributed by atoms with Crippen molar-refractivity contribution in [3.63, 3.8) is 0 Å². The molecule has 7 heteroatoms. The van der Waals surface area contributed by atoms with E-state index in [1.807, 2.05) is 0 Å². The van der Waals surface area contributed by atoms with E-state index in [1.165, 1.54) is 24.3 Å². The highest BCUT2D eigenvalue weighted by molar-refractivity contribution is 7.90. The largest absolute Gasteiger partial charge is 0.480 e. The molecule has 1 aromatic rings. The summed E-state index contributed by atoms with van der Waals surface area (Å²) in [4.78, 5) is 23.1. The van der Waals surface area contributed by atoms with E-state index in [1.54, 1.807) is 6.07 Å². The van der Waals surface area contributed by atoms with Crippen molar-refractivity contribution in [2.75, 3.05) is 12.0 Å². The lowest BCUT2D eigenvalue weighted by Gasteiger charge is -2.22. The highest BCUT2D eigenvalue weighted by Gasteiger charge is 2.45. The topological polar surface area (TPSA) is 115 Å². The van der Waals surface area contributed by atoms with Crippen molar-refractivity contribution in [3.8, 4) is 0 Å². The number of hydrogen-bond donors (Lipinski definition) is 2. The van der Waals surface area contributed by atoms with Crippen molar-refractivity contribution in [2.45, 2.75) is 5.54 Å². The van der Waals surface area contributed by atoms with E-state index in [0.29, 0.717) is 0 Å². The molecule has 0 aliphatic rings. The van der Waals surface area contributed by atoms with Crippen molar-refractivity contribution in [3.05, 3.63) is 35.9 Å². The van der Waals surface area contributed by atoms with Gasteiger partial charge in [0, 0.05) is 11.8 Å². The second-order valence-corrected chi connectivity index (χ2v) is 6.18. The number of nitrogens with two attached hydrogens (primary N) is 1. The van der Waals surface area contributed by atoms with E-state index in [2.05, 4.69) is 0 Å². The summed E-state index contributed by atoms with van der Waals surface area (Å²) in [6.07, 6.45) is 0.829. The molecular weight excluding hydrogens is 258 g/mol. The van der Waals surface area contributed by atoms with Crippen LogP contribution in [0.15, 0.2) is 30.3 Å². The van der Waals surface area contributed by atoms with Gasteiger partial charge in [-0.3, -0.25) is 4.79 Å². The van der Waals surface area contributed by atoms with Crippen LogP contribution in [-0.4, -0.2) is 42.8 Å². The molecular formula is C11H13NO5S. The Hall–Kier alpha value is -1.73. The molecule has 0 fully saturated rings. The van der Waals surface area contributed by atoms with E-state index in [9.17, 15) is 18.0 Å². The van der Waals surface area contributed by atoms with Crippen LogP contribution in [0.3, 0.4) is 0 Å². The molecule has 0 saturated heterocycles. The summed E-state index contributed by atoms with van der Waals surface area (Å²) in [5.74, 6) is -3.54. The zero-order valence-corrected chi connectivity index (χ0v) is 10.5. The van der Waals surface area contributed by atoms with Gasteiger partial charge in [-0.2, -0.15) is 0 Å². The summed E-state index contributed by atoms with van der Waals surface area (Å²) >= 11 is 0. The Morgan fingerprint density at radius 2 is 1.78 bits per heavy atom. The molecule has 0 heterocycles. The predicted molar refractivity (Wildman–Crippen MR) is 65.0 cm³/mol. The van der Waals surface area contributed by atoms with Crippen LogP contribution in [0.1, 0.15) is 10.4 Å². The summed E-state index contributed by atoms with van der Waals surface area (Å²) in [5.41, 5.74) is 3.07. The minimum absolute atomic E-state index is 0.0612. The minimum Gasteiger partial charge on any atom is -0.480 e. The van der Waals surface area contributed by atoms with Gasteiger partial charge in [-0.15, -0.1) is 0 Å². The first-order chi connectivity index (χ1) is 8.17. The minimum atomic E-state index is -3.71. The first kappa shape index (κ1) is 14.3. The summed E-state index contributed by atoms with van der Waals surface area (Å²) < 4.78 is 22.4. The third-order valence-electron chi connectivity index (χ3n) is 2.31. The number of Topliss-reactive ketones (excluding diaryl/α,β-unsaturated/α-hetero) is 1. The molecule has 1 unspecified atom stereocenters. The van der Waals surface area contributed by atoms with Gasteiger partial charge < -0.3 is 10.8 Å². The number of aliphatic carboxylic acids is 1. The number of rotatable bonds is 5. The van der Waals surface area contributed by atoms with Crippen molar-refractivity contribution < 1.29 is 23.1 Å². The zero-order valence-electron chi connectivity index (χ0n) is 9.66. The lowest BCUT2D eigenvalue weighted by Crippen LogP contribution is -2.59. The van der Waals surface area contributed by atoms with E-state index in [4.69, 9.17) is 10.8 Å². The second-order valence-electron chi connectivity index (χ2n) is 4.04.